The van der Waals surface area contributed by atoms with Gasteiger partial charge in [0, 0.05) is 6.42 Å². The molecule has 2 rings (SSSR count). The van der Waals surface area contributed by atoms with E-state index in [0.717, 1.165) is 25.9 Å². The molecule has 1 amide bonds. The molecule has 3 N–H and O–H groups in total. The normalized spacial score (nSPS) is 18.8. The first-order valence-electron chi connectivity index (χ1n) is 8.15. The predicted octanol–water partition coefficient (Wildman–Crippen LogP) is 2.33. The lowest BCUT2D eigenvalue weighted by Crippen LogP contribution is -2.51. The molecule has 1 aromatic rings. The van der Waals surface area contributed by atoms with Crippen LogP contribution in [-0.2, 0) is 10.4 Å². The van der Waals surface area contributed by atoms with Crippen molar-refractivity contribution in [2.24, 2.45) is 5.92 Å². The molecule has 0 radical (unpaired) electrons. The minimum Gasteiger partial charge on any atom is -0.375 e. The number of carbonyl (C=O) groups is 1. The Morgan fingerprint density at radius 3 is 2.42 bits per heavy atom. The van der Waals surface area contributed by atoms with Gasteiger partial charge in [-0.15, -0.1) is 0 Å². The van der Waals surface area contributed by atoms with Crippen LogP contribution in [0.2, 0.25) is 0 Å². The predicted molar refractivity (Wildman–Crippen MR) is 84.2 cm³/mol. The van der Waals surface area contributed by atoms with Crippen LogP contribution in [0.4, 0.5) is 13.2 Å². The van der Waals surface area contributed by atoms with Crippen LogP contribution < -0.4 is 10.6 Å². The zero-order valence-electron chi connectivity index (χ0n) is 13.4. The molecule has 1 aliphatic rings. The quantitative estimate of drug-likeness (QED) is 0.742. The van der Waals surface area contributed by atoms with Crippen molar-refractivity contribution >= 4 is 5.91 Å². The number of halogens is 3. The Hall–Kier alpha value is -1.60. The van der Waals surface area contributed by atoms with Gasteiger partial charge in [-0.2, -0.15) is 13.2 Å². The van der Waals surface area contributed by atoms with Gasteiger partial charge < -0.3 is 15.7 Å². The lowest BCUT2D eigenvalue weighted by molar-refractivity contribution is -0.264. The molecule has 7 heteroatoms. The summed E-state index contributed by atoms with van der Waals surface area (Å²) in [5, 5.41) is 15.6. The van der Waals surface area contributed by atoms with Crippen molar-refractivity contribution in [3.63, 3.8) is 0 Å². The molecular formula is C17H23F3N2O2. The monoisotopic (exact) mass is 344 g/mol. The fourth-order valence-corrected chi connectivity index (χ4v) is 2.90. The molecule has 0 saturated carbocycles. The third-order valence-corrected chi connectivity index (χ3v) is 4.50. The van der Waals surface area contributed by atoms with Gasteiger partial charge in [0.2, 0.25) is 11.5 Å². The van der Waals surface area contributed by atoms with Crippen LogP contribution in [0.25, 0.3) is 0 Å². The van der Waals surface area contributed by atoms with Crippen molar-refractivity contribution in [1.82, 2.24) is 10.6 Å². The number of hydrogen-bond donors (Lipinski definition) is 3. The van der Waals surface area contributed by atoms with Crippen LogP contribution in [0.15, 0.2) is 30.3 Å². The first kappa shape index (κ1) is 18.7. The Morgan fingerprint density at radius 2 is 1.83 bits per heavy atom. The Morgan fingerprint density at radius 1 is 1.21 bits per heavy atom. The van der Waals surface area contributed by atoms with Crippen LogP contribution in [0.5, 0.6) is 0 Å². The average molecular weight is 344 g/mol. The van der Waals surface area contributed by atoms with Crippen LogP contribution in [0.1, 0.15) is 31.2 Å². The molecule has 24 heavy (non-hydrogen) atoms. The largest absolute Gasteiger partial charge is 0.423 e. The molecule has 1 saturated heterocycles. The fraction of sp³-hybridized carbons (Fsp3) is 0.588. The lowest BCUT2D eigenvalue weighted by atomic mass is 9.92. The Bertz CT molecular complexity index is 530. The third-order valence-electron chi connectivity index (χ3n) is 4.50. The zero-order chi connectivity index (χ0) is 17.6. The molecule has 0 bridgehead atoms. The summed E-state index contributed by atoms with van der Waals surface area (Å²) < 4.78 is 39.9. The maximum absolute atomic E-state index is 13.3. The molecule has 4 nitrogen and oxygen atoms in total. The summed E-state index contributed by atoms with van der Waals surface area (Å²) in [6, 6.07) is 6.82. The maximum atomic E-state index is 13.3. The minimum absolute atomic E-state index is 0.174. The van der Waals surface area contributed by atoms with Gasteiger partial charge >= 0.3 is 6.18 Å². The van der Waals surface area contributed by atoms with Gasteiger partial charge in [-0.05, 0) is 43.8 Å². The van der Waals surface area contributed by atoms with Crippen molar-refractivity contribution in [2.75, 3.05) is 19.6 Å². The summed E-state index contributed by atoms with van der Waals surface area (Å²) in [6.07, 6.45) is -2.10. The standard InChI is InChI=1S/C17H23F3N2O2/c18-17(19,20)16(24,14-4-2-1-3-5-14)12-22-15(23)7-6-13-8-10-21-11-9-13/h1-5,13,21,24H,6-12H2,(H,22,23). The zero-order valence-corrected chi connectivity index (χ0v) is 13.4. The van der Waals surface area contributed by atoms with E-state index < -0.39 is 24.2 Å². The lowest BCUT2D eigenvalue weighted by Gasteiger charge is -2.31. The minimum atomic E-state index is -4.88. The molecule has 0 spiro atoms. The van der Waals surface area contributed by atoms with E-state index >= 15 is 0 Å². The van der Waals surface area contributed by atoms with E-state index in [0.29, 0.717) is 12.3 Å². The van der Waals surface area contributed by atoms with E-state index in [1.54, 1.807) is 6.07 Å². The molecule has 0 aliphatic carbocycles. The molecule has 1 fully saturated rings. The number of benzene rings is 1. The number of carbonyl (C=O) groups excluding carboxylic acids is 1. The van der Waals surface area contributed by atoms with Crippen molar-refractivity contribution in [1.29, 1.82) is 0 Å². The van der Waals surface area contributed by atoms with E-state index in [1.807, 2.05) is 0 Å². The summed E-state index contributed by atoms with van der Waals surface area (Å²) >= 11 is 0. The Labute approximate surface area is 139 Å². The van der Waals surface area contributed by atoms with E-state index in [1.165, 1.54) is 24.3 Å². The second kappa shape index (κ2) is 7.98. The number of rotatable bonds is 6. The summed E-state index contributed by atoms with van der Waals surface area (Å²) in [5.41, 5.74) is -3.37. The van der Waals surface area contributed by atoms with E-state index in [9.17, 15) is 23.1 Å². The van der Waals surface area contributed by atoms with Crippen molar-refractivity contribution < 1.29 is 23.1 Å². The SMILES string of the molecule is O=C(CCC1CCNCC1)NCC(O)(c1ccccc1)C(F)(F)F. The average Bonchev–Trinajstić information content (AvgIpc) is 2.58. The molecule has 1 aliphatic heterocycles. The third kappa shape index (κ3) is 4.70. The van der Waals surface area contributed by atoms with Gasteiger partial charge in [-0.3, -0.25) is 4.79 Å². The highest BCUT2D eigenvalue weighted by molar-refractivity contribution is 5.76. The van der Waals surface area contributed by atoms with Crippen molar-refractivity contribution in [3.05, 3.63) is 35.9 Å². The Kier molecular flexibility index (Phi) is 6.23. The van der Waals surface area contributed by atoms with Gasteiger partial charge in [-0.1, -0.05) is 30.3 Å². The summed E-state index contributed by atoms with van der Waals surface area (Å²) in [4.78, 5) is 11.9. The van der Waals surface area contributed by atoms with E-state index in [4.69, 9.17) is 0 Å². The summed E-state index contributed by atoms with van der Waals surface area (Å²) in [5.74, 6) is -0.0419. The summed E-state index contributed by atoms with van der Waals surface area (Å²) in [6.45, 7) is 0.938. The molecule has 1 atom stereocenters. The molecular weight excluding hydrogens is 321 g/mol. The topological polar surface area (TPSA) is 61.4 Å². The highest BCUT2D eigenvalue weighted by atomic mass is 19.4. The number of alkyl halides is 3. The van der Waals surface area contributed by atoms with Gasteiger partial charge in [0.15, 0.2) is 0 Å². The highest BCUT2D eigenvalue weighted by Crippen LogP contribution is 2.38. The molecule has 1 aromatic carbocycles. The molecule has 134 valence electrons. The number of piperidine rings is 1. The van der Waals surface area contributed by atoms with Crippen molar-refractivity contribution in [3.8, 4) is 0 Å². The fourth-order valence-electron chi connectivity index (χ4n) is 2.90. The number of aliphatic hydroxyl groups is 1. The van der Waals surface area contributed by atoms with E-state index in [-0.39, 0.29) is 12.0 Å². The van der Waals surface area contributed by atoms with Gasteiger partial charge in [0.05, 0.1) is 6.54 Å². The molecule has 0 aromatic heterocycles. The van der Waals surface area contributed by atoms with Crippen LogP contribution in [-0.4, -0.2) is 36.8 Å². The first-order chi connectivity index (χ1) is 11.3. The van der Waals surface area contributed by atoms with Gasteiger partial charge in [0.25, 0.3) is 0 Å². The van der Waals surface area contributed by atoms with E-state index in [2.05, 4.69) is 10.6 Å². The van der Waals surface area contributed by atoms with Crippen LogP contribution in [0.3, 0.4) is 0 Å². The maximum Gasteiger partial charge on any atom is 0.423 e. The number of hydrogen-bond acceptors (Lipinski definition) is 3. The van der Waals surface area contributed by atoms with Crippen molar-refractivity contribution in [2.45, 2.75) is 37.5 Å². The van der Waals surface area contributed by atoms with Crippen LogP contribution >= 0.6 is 0 Å². The second-order valence-electron chi connectivity index (χ2n) is 6.23. The first-order valence-corrected chi connectivity index (χ1v) is 8.15. The van der Waals surface area contributed by atoms with Gasteiger partial charge in [-0.25, -0.2) is 0 Å². The second-order valence-corrected chi connectivity index (χ2v) is 6.23. The van der Waals surface area contributed by atoms with Crippen LogP contribution in [0, 0.1) is 5.92 Å². The van der Waals surface area contributed by atoms with Gasteiger partial charge in [0.1, 0.15) is 0 Å². The Balaban J connectivity index is 1.92. The number of nitrogens with one attached hydrogen (secondary N) is 2. The molecule has 1 unspecified atom stereocenters. The number of amides is 1. The summed E-state index contributed by atoms with van der Waals surface area (Å²) in [7, 11) is 0. The smallest absolute Gasteiger partial charge is 0.375 e. The molecule has 1 heterocycles. The highest BCUT2D eigenvalue weighted by Gasteiger charge is 2.55.